The largest absolute Gasteiger partial charge is 0.378 e. The number of nitrogens with one attached hydrogen (secondary N) is 1. The van der Waals surface area contributed by atoms with Gasteiger partial charge in [0.05, 0.1) is 13.2 Å². The molecule has 149 valence electrons. The molecule has 29 heavy (non-hydrogen) atoms. The summed E-state index contributed by atoms with van der Waals surface area (Å²) >= 11 is 6.32. The summed E-state index contributed by atoms with van der Waals surface area (Å²) in [5.74, 6) is 2.63. The van der Waals surface area contributed by atoms with E-state index < -0.39 is 0 Å². The molecule has 0 unspecified atom stereocenters. The second kappa shape index (κ2) is 8.63. The van der Waals surface area contributed by atoms with E-state index in [0.29, 0.717) is 30.0 Å². The van der Waals surface area contributed by atoms with Crippen molar-refractivity contribution in [2.75, 3.05) is 48.5 Å². The lowest BCUT2D eigenvalue weighted by Gasteiger charge is -2.28. The summed E-state index contributed by atoms with van der Waals surface area (Å²) in [5.41, 5.74) is 2.18. The van der Waals surface area contributed by atoms with E-state index in [0.717, 1.165) is 36.0 Å². The van der Waals surface area contributed by atoms with Gasteiger partial charge in [0.15, 0.2) is 0 Å². The zero-order valence-electron chi connectivity index (χ0n) is 16.4. The second-order valence-corrected chi connectivity index (χ2v) is 7.20. The molecular formula is C21H22ClN6O. The molecule has 2 aromatic heterocycles. The maximum atomic E-state index is 6.32. The molecule has 0 aliphatic carbocycles. The van der Waals surface area contributed by atoms with Gasteiger partial charge in [0.1, 0.15) is 17.5 Å². The average molecular weight is 410 g/mol. The third-order valence-electron chi connectivity index (χ3n) is 4.75. The number of aryl methyl sites for hydroxylation is 1. The van der Waals surface area contributed by atoms with Crippen LogP contribution in [0.25, 0.3) is 0 Å². The summed E-state index contributed by atoms with van der Waals surface area (Å²) in [5, 5.41) is 3.78. The Balaban J connectivity index is 1.56. The Morgan fingerprint density at radius 3 is 2.83 bits per heavy atom. The summed E-state index contributed by atoms with van der Waals surface area (Å²) in [6.45, 7) is 5.01. The van der Waals surface area contributed by atoms with Crippen LogP contribution in [0.15, 0.2) is 42.6 Å². The number of hydrogen-bond acceptors (Lipinski definition) is 7. The Labute approximate surface area is 175 Å². The molecule has 0 atom stereocenters. The highest BCUT2D eigenvalue weighted by Gasteiger charge is 2.15. The average Bonchev–Trinajstić information content (AvgIpc) is 2.74. The molecule has 1 N–H and O–H groups in total. The molecule has 3 heterocycles. The fourth-order valence-electron chi connectivity index (χ4n) is 3.20. The predicted molar refractivity (Wildman–Crippen MR) is 116 cm³/mol. The van der Waals surface area contributed by atoms with Crippen molar-refractivity contribution in [3.63, 3.8) is 0 Å². The van der Waals surface area contributed by atoms with Gasteiger partial charge in [0.2, 0.25) is 5.95 Å². The minimum absolute atomic E-state index is 0.453. The lowest BCUT2D eigenvalue weighted by molar-refractivity contribution is 0.122. The molecule has 1 aromatic carbocycles. The number of ether oxygens (including phenoxy) is 1. The molecule has 0 saturated carbocycles. The van der Waals surface area contributed by atoms with Gasteiger partial charge in [-0.05, 0) is 42.8 Å². The summed E-state index contributed by atoms with van der Waals surface area (Å²) in [7, 11) is 1.97. The van der Waals surface area contributed by atoms with Crippen LogP contribution in [-0.2, 0) is 4.74 Å². The fraction of sp³-hybridized carbons (Fsp3) is 0.286. The Morgan fingerprint density at radius 2 is 2.03 bits per heavy atom. The molecule has 8 heteroatoms. The van der Waals surface area contributed by atoms with Crippen molar-refractivity contribution in [1.82, 2.24) is 15.0 Å². The first-order chi connectivity index (χ1) is 14.1. The van der Waals surface area contributed by atoms with Crippen molar-refractivity contribution in [3.05, 3.63) is 59.2 Å². The zero-order valence-corrected chi connectivity index (χ0v) is 17.1. The number of benzene rings is 1. The molecular weight excluding hydrogens is 388 g/mol. The number of morpholine rings is 1. The van der Waals surface area contributed by atoms with Crippen molar-refractivity contribution in [2.45, 2.75) is 6.92 Å². The number of rotatable bonds is 5. The van der Waals surface area contributed by atoms with Crippen molar-refractivity contribution < 1.29 is 4.74 Å². The van der Waals surface area contributed by atoms with E-state index in [-0.39, 0.29) is 0 Å². The number of aromatic nitrogens is 3. The summed E-state index contributed by atoms with van der Waals surface area (Å²) in [4.78, 5) is 17.8. The fourth-order valence-corrected chi connectivity index (χ4v) is 3.40. The molecule has 0 amide bonds. The highest BCUT2D eigenvalue weighted by molar-refractivity contribution is 6.31. The quantitative estimate of drug-likeness (QED) is 0.683. The van der Waals surface area contributed by atoms with Crippen LogP contribution in [0.1, 0.15) is 5.56 Å². The van der Waals surface area contributed by atoms with Gasteiger partial charge < -0.3 is 19.9 Å². The summed E-state index contributed by atoms with van der Waals surface area (Å²) in [6.07, 6.45) is 1.72. The van der Waals surface area contributed by atoms with Gasteiger partial charge in [-0.1, -0.05) is 23.7 Å². The van der Waals surface area contributed by atoms with E-state index in [1.807, 2.05) is 42.3 Å². The number of anilines is 5. The van der Waals surface area contributed by atoms with Gasteiger partial charge >= 0.3 is 0 Å². The van der Waals surface area contributed by atoms with E-state index in [1.165, 1.54) is 0 Å². The van der Waals surface area contributed by atoms with Gasteiger partial charge in [0.25, 0.3) is 0 Å². The van der Waals surface area contributed by atoms with Crippen LogP contribution >= 0.6 is 11.6 Å². The Bertz CT molecular complexity index is 992. The highest BCUT2D eigenvalue weighted by atomic mass is 35.5. The number of pyridine rings is 1. The molecule has 1 radical (unpaired) electrons. The third kappa shape index (κ3) is 4.58. The van der Waals surface area contributed by atoms with Crippen molar-refractivity contribution in [1.29, 1.82) is 0 Å². The Kier molecular flexibility index (Phi) is 5.78. The second-order valence-electron chi connectivity index (χ2n) is 6.76. The smallest absolute Gasteiger partial charge is 0.230 e. The Hall–Kier alpha value is -2.90. The van der Waals surface area contributed by atoms with Gasteiger partial charge in [0, 0.05) is 37.0 Å². The minimum atomic E-state index is 0.453. The van der Waals surface area contributed by atoms with Crippen LogP contribution in [0.2, 0.25) is 5.02 Å². The third-order valence-corrected chi connectivity index (χ3v) is 4.97. The van der Waals surface area contributed by atoms with E-state index in [1.54, 1.807) is 12.3 Å². The van der Waals surface area contributed by atoms with Gasteiger partial charge in [-0.15, -0.1) is 0 Å². The molecule has 0 bridgehead atoms. The molecule has 1 saturated heterocycles. The van der Waals surface area contributed by atoms with Gasteiger partial charge in [-0.25, -0.2) is 9.97 Å². The van der Waals surface area contributed by atoms with Crippen LogP contribution in [0.3, 0.4) is 0 Å². The first-order valence-electron chi connectivity index (χ1n) is 9.41. The number of halogens is 1. The monoisotopic (exact) mass is 409 g/mol. The molecule has 0 spiro atoms. The van der Waals surface area contributed by atoms with Crippen LogP contribution in [0, 0.1) is 13.0 Å². The van der Waals surface area contributed by atoms with E-state index in [9.17, 15) is 0 Å². The predicted octanol–water partition coefficient (Wildman–Crippen LogP) is 3.98. The zero-order chi connectivity index (χ0) is 20.2. The van der Waals surface area contributed by atoms with Crippen LogP contribution < -0.4 is 15.1 Å². The standard InChI is InChI=1S/C21H22ClN6O/c1-15-5-3-4-6-17(15)27(2)19-7-8-23-21(26-19)25-18-13-16(22)14-20(24-18)28-9-11-29-12-10-28/h3,5-8,13-14H,9-12H2,1-2H3,(H,23,24,25,26). The molecule has 3 aromatic rings. The lowest BCUT2D eigenvalue weighted by atomic mass is 10.2. The van der Waals surface area contributed by atoms with Crippen molar-refractivity contribution in [2.24, 2.45) is 0 Å². The van der Waals surface area contributed by atoms with E-state index in [2.05, 4.69) is 38.2 Å². The maximum Gasteiger partial charge on any atom is 0.230 e. The van der Waals surface area contributed by atoms with Gasteiger partial charge in [-0.2, -0.15) is 4.98 Å². The maximum absolute atomic E-state index is 6.32. The van der Waals surface area contributed by atoms with E-state index >= 15 is 0 Å². The lowest BCUT2D eigenvalue weighted by Crippen LogP contribution is -2.36. The van der Waals surface area contributed by atoms with Gasteiger partial charge in [-0.3, -0.25) is 0 Å². The van der Waals surface area contributed by atoms with Crippen LogP contribution in [-0.4, -0.2) is 48.3 Å². The normalized spacial score (nSPS) is 14.0. The van der Waals surface area contributed by atoms with Crippen molar-refractivity contribution in [3.8, 4) is 0 Å². The number of nitrogens with zero attached hydrogens (tertiary/aromatic N) is 5. The SMILES string of the molecule is Cc1cc[c]cc1N(C)c1ccnc(Nc2cc(Cl)cc(N3CCOCC3)n2)n1. The Morgan fingerprint density at radius 1 is 1.21 bits per heavy atom. The van der Waals surface area contributed by atoms with Crippen molar-refractivity contribution >= 4 is 40.7 Å². The molecule has 4 rings (SSSR count). The van der Waals surface area contributed by atoms with Crippen LogP contribution in [0.4, 0.5) is 29.1 Å². The molecule has 1 aliphatic heterocycles. The van der Waals surface area contributed by atoms with Crippen LogP contribution in [0.5, 0.6) is 0 Å². The molecule has 1 fully saturated rings. The minimum Gasteiger partial charge on any atom is -0.378 e. The topological polar surface area (TPSA) is 66.4 Å². The molecule has 7 nitrogen and oxygen atoms in total. The van der Waals surface area contributed by atoms with E-state index in [4.69, 9.17) is 16.3 Å². The highest BCUT2D eigenvalue weighted by Crippen LogP contribution is 2.27. The number of hydrogen-bond donors (Lipinski definition) is 1. The molecule has 1 aliphatic rings. The first kappa shape index (κ1) is 19.4. The summed E-state index contributed by atoms with van der Waals surface area (Å²) in [6, 6.07) is 14.5. The first-order valence-corrected chi connectivity index (χ1v) is 9.79. The summed E-state index contributed by atoms with van der Waals surface area (Å²) < 4.78 is 5.41.